The molecule has 2 N–H and O–H groups in total. The lowest BCUT2D eigenvalue weighted by atomic mass is 9.93. The Bertz CT molecular complexity index is 833. The Hall–Kier alpha value is -2.28. The number of para-hydroxylation sites is 1. The molecule has 1 amide bonds. The van der Waals surface area contributed by atoms with Gasteiger partial charge in [-0.25, -0.2) is 0 Å². The van der Waals surface area contributed by atoms with Crippen LogP contribution < -0.4 is 14.8 Å². The van der Waals surface area contributed by atoms with E-state index < -0.39 is 5.60 Å². The van der Waals surface area contributed by atoms with Gasteiger partial charge in [0.2, 0.25) is 5.91 Å². The Kier molecular flexibility index (Phi) is 7.96. The molecule has 1 fully saturated rings. The van der Waals surface area contributed by atoms with Crippen molar-refractivity contribution >= 4 is 17.5 Å². The molecule has 2 aromatic rings. The summed E-state index contributed by atoms with van der Waals surface area (Å²) in [4.78, 5) is 14.2. The molecule has 7 heteroatoms. The number of carbonyl (C=O) groups is 1. The zero-order chi connectivity index (χ0) is 21.4. The van der Waals surface area contributed by atoms with Gasteiger partial charge in [0.05, 0.1) is 18.1 Å². The Morgan fingerprint density at radius 3 is 2.83 bits per heavy atom. The average molecular weight is 433 g/mol. The van der Waals surface area contributed by atoms with E-state index in [4.69, 9.17) is 21.1 Å². The minimum absolute atomic E-state index is 0.0847. The van der Waals surface area contributed by atoms with Crippen LogP contribution in [0.3, 0.4) is 0 Å². The maximum Gasteiger partial charge on any atom is 0.234 e. The van der Waals surface area contributed by atoms with Crippen LogP contribution in [0.15, 0.2) is 48.5 Å². The van der Waals surface area contributed by atoms with Crippen LogP contribution in [0.2, 0.25) is 5.02 Å². The van der Waals surface area contributed by atoms with Crippen molar-refractivity contribution in [2.24, 2.45) is 0 Å². The Morgan fingerprint density at radius 1 is 1.23 bits per heavy atom. The number of rotatable bonds is 9. The van der Waals surface area contributed by atoms with Crippen molar-refractivity contribution in [2.75, 3.05) is 39.4 Å². The fourth-order valence-corrected chi connectivity index (χ4v) is 3.70. The van der Waals surface area contributed by atoms with Crippen LogP contribution in [0, 0.1) is 6.92 Å². The molecule has 3 rings (SSSR count). The summed E-state index contributed by atoms with van der Waals surface area (Å²) in [7, 11) is 0. The molecule has 0 saturated carbocycles. The topological polar surface area (TPSA) is 71.0 Å². The van der Waals surface area contributed by atoms with Gasteiger partial charge in [-0.2, -0.15) is 0 Å². The molecule has 30 heavy (non-hydrogen) atoms. The summed E-state index contributed by atoms with van der Waals surface area (Å²) in [5, 5.41) is 14.3. The van der Waals surface area contributed by atoms with Crippen molar-refractivity contribution in [1.29, 1.82) is 0 Å². The van der Waals surface area contributed by atoms with Crippen LogP contribution in [0.4, 0.5) is 0 Å². The predicted molar refractivity (Wildman–Crippen MR) is 117 cm³/mol. The van der Waals surface area contributed by atoms with Gasteiger partial charge in [-0.15, -0.1) is 0 Å². The maximum atomic E-state index is 12.3. The first-order chi connectivity index (χ1) is 14.4. The molecule has 1 unspecified atom stereocenters. The molecule has 1 atom stereocenters. The van der Waals surface area contributed by atoms with Gasteiger partial charge in [-0.3, -0.25) is 9.69 Å². The molecule has 0 radical (unpaired) electrons. The Labute approximate surface area is 182 Å². The summed E-state index contributed by atoms with van der Waals surface area (Å²) in [5.74, 6) is 1.26. The molecule has 1 aliphatic heterocycles. The lowest BCUT2D eigenvalue weighted by Gasteiger charge is -2.38. The first-order valence-corrected chi connectivity index (χ1v) is 10.6. The normalized spacial score (nSPS) is 19.3. The Morgan fingerprint density at radius 2 is 2.03 bits per heavy atom. The summed E-state index contributed by atoms with van der Waals surface area (Å²) in [6.45, 7) is 4.32. The van der Waals surface area contributed by atoms with Gasteiger partial charge in [0.25, 0.3) is 0 Å². The number of halogens is 1. The molecule has 2 aromatic carbocycles. The second-order valence-corrected chi connectivity index (χ2v) is 8.18. The van der Waals surface area contributed by atoms with Gasteiger partial charge < -0.3 is 19.9 Å². The number of nitrogens with one attached hydrogen (secondary N) is 1. The molecular weight excluding hydrogens is 404 g/mol. The van der Waals surface area contributed by atoms with Gasteiger partial charge in [-0.05, 0) is 56.1 Å². The molecular formula is C23H29ClN2O4. The molecule has 0 spiro atoms. The average Bonchev–Trinajstić information content (AvgIpc) is 2.73. The third-order valence-corrected chi connectivity index (χ3v) is 5.33. The van der Waals surface area contributed by atoms with E-state index in [9.17, 15) is 9.90 Å². The third kappa shape index (κ3) is 6.90. The Balaban J connectivity index is 1.41. The highest BCUT2D eigenvalue weighted by Gasteiger charge is 2.35. The van der Waals surface area contributed by atoms with Crippen molar-refractivity contribution in [1.82, 2.24) is 10.2 Å². The lowest BCUT2D eigenvalue weighted by Crippen LogP contribution is -2.53. The number of aliphatic hydroxyl groups is 1. The number of hydrogen-bond donors (Lipinski definition) is 2. The van der Waals surface area contributed by atoms with Gasteiger partial charge in [0, 0.05) is 6.54 Å². The summed E-state index contributed by atoms with van der Waals surface area (Å²) < 4.78 is 11.4. The zero-order valence-corrected chi connectivity index (χ0v) is 18.0. The van der Waals surface area contributed by atoms with E-state index in [1.165, 1.54) is 0 Å². The number of piperidine rings is 1. The number of nitrogens with zero attached hydrogens (tertiary/aromatic N) is 1. The van der Waals surface area contributed by atoms with Crippen molar-refractivity contribution in [3.8, 4) is 11.5 Å². The number of likely N-dealkylation sites (tertiary alicyclic amines) is 1. The number of β-amino-alcohol motifs (C(OH)–C–C–N with tert-alkyl or cyclic N) is 1. The fraction of sp³-hybridized carbons (Fsp3) is 0.435. The zero-order valence-electron chi connectivity index (χ0n) is 17.3. The van der Waals surface area contributed by atoms with E-state index in [-0.39, 0.29) is 19.1 Å². The first kappa shape index (κ1) is 22.4. The number of carbonyl (C=O) groups excluding carboxylic acids is 1. The smallest absolute Gasteiger partial charge is 0.234 e. The quantitative estimate of drug-likeness (QED) is 0.596. The molecule has 1 aliphatic rings. The number of benzene rings is 2. The highest BCUT2D eigenvalue weighted by Crippen LogP contribution is 2.28. The summed E-state index contributed by atoms with van der Waals surface area (Å²) in [6.07, 6.45) is 1.42. The van der Waals surface area contributed by atoms with E-state index in [0.29, 0.717) is 36.9 Å². The standard InChI is InChI=1S/C23H29ClN2O4/c1-18-8-9-20(24)21(14-18)30-17-23(28)10-5-12-26(16-23)15-22(27)25-11-13-29-19-6-3-2-4-7-19/h2-4,6-9,14,28H,5,10-13,15-17H2,1H3,(H,25,27). The van der Waals surface area contributed by atoms with Gasteiger partial charge in [0.1, 0.15) is 30.3 Å². The second kappa shape index (κ2) is 10.7. The van der Waals surface area contributed by atoms with Crippen LogP contribution in [0.1, 0.15) is 18.4 Å². The molecule has 0 aliphatic carbocycles. The fourth-order valence-electron chi connectivity index (χ4n) is 3.53. The van der Waals surface area contributed by atoms with Crippen LogP contribution in [-0.2, 0) is 4.79 Å². The van der Waals surface area contributed by atoms with E-state index in [1.54, 1.807) is 6.07 Å². The minimum Gasteiger partial charge on any atom is -0.492 e. The highest BCUT2D eigenvalue weighted by molar-refractivity contribution is 6.32. The largest absolute Gasteiger partial charge is 0.492 e. The third-order valence-electron chi connectivity index (χ3n) is 5.02. The van der Waals surface area contributed by atoms with Crippen LogP contribution in [0.25, 0.3) is 0 Å². The molecule has 0 bridgehead atoms. The highest BCUT2D eigenvalue weighted by atomic mass is 35.5. The first-order valence-electron chi connectivity index (χ1n) is 10.2. The van der Waals surface area contributed by atoms with Crippen molar-refractivity contribution in [3.63, 3.8) is 0 Å². The lowest BCUT2D eigenvalue weighted by molar-refractivity contribution is -0.124. The molecule has 1 heterocycles. The predicted octanol–water partition coefficient (Wildman–Crippen LogP) is 3.05. The molecule has 162 valence electrons. The molecule has 1 saturated heterocycles. The van der Waals surface area contributed by atoms with Crippen molar-refractivity contribution < 1.29 is 19.4 Å². The van der Waals surface area contributed by atoms with E-state index in [2.05, 4.69) is 5.32 Å². The second-order valence-electron chi connectivity index (χ2n) is 7.77. The van der Waals surface area contributed by atoms with E-state index >= 15 is 0 Å². The maximum absolute atomic E-state index is 12.3. The van der Waals surface area contributed by atoms with Gasteiger partial charge in [-0.1, -0.05) is 35.9 Å². The minimum atomic E-state index is -1.01. The number of amides is 1. The van der Waals surface area contributed by atoms with Crippen molar-refractivity contribution in [3.05, 3.63) is 59.1 Å². The monoisotopic (exact) mass is 432 g/mol. The number of hydrogen-bond acceptors (Lipinski definition) is 5. The SMILES string of the molecule is Cc1ccc(Cl)c(OCC2(O)CCCN(CC(=O)NCCOc3ccccc3)C2)c1. The van der Waals surface area contributed by atoms with Crippen LogP contribution in [0.5, 0.6) is 11.5 Å². The summed E-state index contributed by atoms with van der Waals surface area (Å²) >= 11 is 6.18. The summed E-state index contributed by atoms with van der Waals surface area (Å²) in [6, 6.07) is 15.0. The molecule has 6 nitrogen and oxygen atoms in total. The summed E-state index contributed by atoms with van der Waals surface area (Å²) in [5.41, 5.74) is 0.0294. The van der Waals surface area contributed by atoms with Crippen LogP contribution in [-0.4, -0.2) is 60.9 Å². The van der Waals surface area contributed by atoms with E-state index in [1.807, 2.05) is 54.3 Å². The molecule has 0 aromatic heterocycles. The van der Waals surface area contributed by atoms with Gasteiger partial charge in [0.15, 0.2) is 0 Å². The van der Waals surface area contributed by atoms with E-state index in [0.717, 1.165) is 24.3 Å². The van der Waals surface area contributed by atoms with Crippen LogP contribution >= 0.6 is 11.6 Å². The number of aryl methyl sites for hydroxylation is 1. The number of ether oxygens (including phenoxy) is 2. The van der Waals surface area contributed by atoms with Crippen molar-refractivity contribution in [2.45, 2.75) is 25.4 Å². The van der Waals surface area contributed by atoms with Gasteiger partial charge >= 0.3 is 0 Å².